The van der Waals surface area contributed by atoms with E-state index < -0.39 is 10.0 Å². The van der Waals surface area contributed by atoms with E-state index in [2.05, 4.69) is 10.0 Å². The topological polar surface area (TPSA) is 116 Å². The number of nitrogens with zero attached hydrogens (tertiary/aromatic N) is 2. The van der Waals surface area contributed by atoms with Gasteiger partial charge in [-0.2, -0.15) is 0 Å². The molecule has 2 aromatic carbocycles. The van der Waals surface area contributed by atoms with Crippen molar-refractivity contribution in [3.8, 4) is 0 Å². The van der Waals surface area contributed by atoms with Gasteiger partial charge in [-0.05, 0) is 55.7 Å². The van der Waals surface area contributed by atoms with Crippen LogP contribution in [0.1, 0.15) is 24.0 Å². The second kappa shape index (κ2) is 9.39. The standard InChI is InChI=1S/C22H26N4O5S/c1-15-6-4-7-18(12-15)24-32(30,31)19-13-17(10-9-16(19)2)23-20(27)8-5-11-26-21(28)14-25(3)22(26)29/h4,6-7,9-10,12-13,24H,5,8,11,14H2,1-3H3,(H,23,27). The van der Waals surface area contributed by atoms with Crippen molar-refractivity contribution in [1.82, 2.24) is 9.80 Å². The van der Waals surface area contributed by atoms with E-state index in [9.17, 15) is 22.8 Å². The molecule has 1 aliphatic rings. The van der Waals surface area contributed by atoms with Gasteiger partial charge < -0.3 is 10.2 Å². The van der Waals surface area contributed by atoms with E-state index in [4.69, 9.17) is 0 Å². The first-order valence-electron chi connectivity index (χ1n) is 10.1. The van der Waals surface area contributed by atoms with E-state index in [1.807, 2.05) is 13.0 Å². The van der Waals surface area contributed by atoms with Crippen LogP contribution in [-0.2, 0) is 19.6 Å². The molecule has 1 heterocycles. The fourth-order valence-corrected chi connectivity index (χ4v) is 4.72. The quantitative estimate of drug-likeness (QED) is 0.590. The van der Waals surface area contributed by atoms with Gasteiger partial charge in [0.1, 0.15) is 6.54 Å². The number of sulfonamides is 1. The summed E-state index contributed by atoms with van der Waals surface area (Å²) in [6.45, 7) is 3.75. The van der Waals surface area contributed by atoms with E-state index in [-0.39, 0.29) is 42.3 Å². The normalized spacial score (nSPS) is 14.1. The molecule has 1 fully saturated rings. The minimum absolute atomic E-state index is 0.0439. The number of amides is 4. The third-order valence-electron chi connectivity index (χ3n) is 5.05. The highest BCUT2D eigenvalue weighted by atomic mass is 32.2. The van der Waals surface area contributed by atoms with Crippen LogP contribution in [0.4, 0.5) is 16.2 Å². The van der Waals surface area contributed by atoms with Crippen LogP contribution in [0, 0.1) is 13.8 Å². The predicted molar refractivity (Wildman–Crippen MR) is 121 cm³/mol. The molecule has 0 aromatic heterocycles. The molecule has 1 saturated heterocycles. The van der Waals surface area contributed by atoms with Crippen LogP contribution in [0.2, 0.25) is 0 Å². The Balaban J connectivity index is 1.63. The highest BCUT2D eigenvalue weighted by Gasteiger charge is 2.32. The lowest BCUT2D eigenvalue weighted by Gasteiger charge is -2.14. The minimum Gasteiger partial charge on any atom is -0.326 e. The average molecular weight is 459 g/mol. The smallest absolute Gasteiger partial charge is 0.326 e. The molecule has 0 radical (unpaired) electrons. The number of hydrogen-bond acceptors (Lipinski definition) is 5. The van der Waals surface area contributed by atoms with Crippen LogP contribution in [0.15, 0.2) is 47.4 Å². The Bertz CT molecular complexity index is 1160. The zero-order valence-corrected chi connectivity index (χ0v) is 19.0. The molecule has 3 rings (SSSR count). The zero-order chi connectivity index (χ0) is 23.5. The molecule has 32 heavy (non-hydrogen) atoms. The number of benzene rings is 2. The van der Waals surface area contributed by atoms with Gasteiger partial charge in [0.15, 0.2) is 0 Å². The van der Waals surface area contributed by atoms with Crippen LogP contribution < -0.4 is 10.0 Å². The molecule has 170 valence electrons. The zero-order valence-electron chi connectivity index (χ0n) is 18.2. The Morgan fingerprint density at radius 1 is 1.06 bits per heavy atom. The molecule has 1 aliphatic heterocycles. The molecule has 0 aliphatic carbocycles. The van der Waals surface area contributed by atoms with Crippen molar-refractivity contribution in [3.63, 3.8) is 0 Å². The summed E-state index contributed by atoms with van der Waals surface area (Å²) in [6.07, 6.45) is 0.390. The number of aryl methyl sites for hydroxylation is 2. The van der Waals surface area contributed by atoms with Gasteiger partial charge in [-0.25, -0.2) is 13.2 Å². The minimum atomic E-state index is -3.85. The predicted octanol–water partition coefficient (Wildman–Crippen LogP) is 2.72. The Kier molecular flexibility index (Phi) is 6.83. The first-order chi connectivity index (χ1) is 15.1. The maximum absolute atomic E-state index is 12.9. The van der Waals surface area contributed by atoms with Crippen molar-refractivity contribution in [2.75, 3.05) is 30.2 Å². The number of urea groups is 1. The van der Waals surface area contributed by atoms with Crippen molar-refractivity contribution in [2.45, 2.75) is 31.6 Å². The lowest BCUT2D eigenvalue weighted by atomic mass is 10.2. The molecule has 9 nitrogen and oxygen atoms in total. The summed E-state index contributed by atoms with van der Waals surface area (Å²) in [5.41, 5.74) is 2.26. The first-order valence-corrected chi connectivity index (χ1v) is 11.6. The molecule has 4 amide bonds. The average Bonchev–Trinajstić information content (AvgIpc) is 2.95. The summed E-state index contributed by atoms with van der Waals surface area (Å²) in [4.78, 5) is 38.5. The number of imide groups is 1. The van der Waals surface area contributed by atoms with Crippen molar-refractivity contribution in [1.29, 1.82) is 0 Å². The number of carbonyl (C=O) groups excluding carboxylic acids is 3. The van der Waals surface area contributed by atoms with Gasteiger partial charge in [0.2, 0.25) is 11.8 Å². The van der Waals surface area contributed by atoms with Gasteiger partial charge in [-0.3, -0.25) is 19.2 Å². The molecule has 0 bridgehead atoms. The maximum atomic E-state index is 12.9. The third-order valence-corrected chi connectivity index (χ3v) is 6.57. The molecule has 0 atom stereocenters. The van der Waals surface area contributed by atoms with Crippen molar-refractivity contribution in [2.24, 2.45) is 0 Å². The van der Waals surface area contributed by atoms with E-state index in [0.29, 0.717) is 23.4 Å². The van der Waals surface area contributed by atoms with Gasteiger partial charge in [-0.1, -0.05) is 18.2 Å². The van der Waals surface area contributed by atoms with Gasteiger partial charge in [0.25, 0.3) is 10.0 Å². The van der Waals surface area contributed by atoms with Crippen molar-refractivity contribution >= 4 is 39.2 Å². The van der Waals surface area contributed by atoms with E-state index in [1.165, 1.54) is 11.0 Å². The maximum Gasteiger partial charge on any atom is 0.326 e. The molecule has 10 heteroatoms. The lowest BCUT2D eigenvalue weighted by molar-refractivity contribution is -0.125. The molecule has 2 N–H and O–H groups in total. The summed E-state index contributed by atoms with van der Waals surface area (Å²) in [5.74, 6) is -0.622. The van der Waals surface area contributed by atoms with Gasteiger partial charge >= 0.3 is 6.03 Å². The van der Waals surface area contributed by atoms with E-state index >= 15 is 0 Å². The summed E-state index contributed by atoms with van der Waals surface area (Å²) >= 11 is 0. The van der Waals surface area contributed by atoms with Crippen LogP contribution in [0.25, 0.3) is 0 Å². The second-order valence-corrected chi connectivity index (χ2v) is 9.44. The number of likely N-dealkylation sites (N-methyl/N-ethyl adjacent to an activating group) is 1. The van der Waals surface area contributed by atoms with Gasteiger partial charge in [-0.15, -0.1) is 0 Å². The van der Waals surface area contributed by atoms with Crippen LogP contribution in [0.5, 0.6) is 0 Å². The third kappa shape index (κ3) is 5.44. The van der Waals surface area contributed by atoms with Crippen LogP contribution in [-0.4, -0.2) is 56.2 Å². The fourth-order valence-electron chi connectivity index (χ4n) is 3.40. The summed E-state index contributed by atoms with van der Waals surface area (Å²) in [6, 6.07) is 11.3. The number of nitrogens with one attached hydrogen (secondary N) is 2. The largest absolute Gasteiger partial charge is 0.326 e. The van der Waals surface area contributed by atoms with E-state index in [1.54, 1.807) is 44.3 Å². The van der Waals surface area contributed by atoms with Crippen LogP contribution in [0.3, 0.4) is 0 Å². The Morgan fingerprint density at radius 2 is 1.81 bits per heavy atom. The summed E-state index contributed by atoms with van der Waals surface area (Å²) in [7, 11) is -2.31. The molecule has 0 unspecified atom stereocenters. The molecule has 0 saturated carbocycles. The fraction of sp³-hybridized carbons (Fsp3) is 0.318. The Morgan fingerprint density at radius 3 is 2.47 bits per heavy atom. The Labute approximate surface area is 187 Å². The monoisotopic (exact) mass is 458 g/mol. The van der Waals surface area contributed by atoms with Gasteiger partial charge in [0, 0.05) is 31.4 Å². The second-order valence-electron chi connectivity index (χ2n) is 7.79. The van der Waals surface area contributed by atoms with E-state index in [0.717, 1.165) is 10.5 Å². The lowest BCUT2D eigenvalue weighted by Crippen LogP contribution is -2.32. The van der Waals surface area contributed by atoms with Crippen molar-refractivity contribution in [3.05, 3.63) is 53.6 Å². The molecule has 2 aromatic rings. The molecular formula is C22H26N4O5S. The van der Waals surface area contributed by atoms with Gasteiger partial charge in [0.05, 0.1) is 4.90 Å². The number of rotatable bonds is 8. The molecular weight excluding hydrogens is 432 g/mol. The highest BCUT2D eigenvalue weighted by Crippen LogP contribution is 2.23. The molecule has 0 spiro atoms. The van der Waals surface area contributed by atoms with Crippen LogP contribution >= 0.6 is 0 Å². The summed E-state index contributed by atoms with van der Waals surface area (Å²) < 4.78 is 28.3. The first kappa shape index (κ1) is 23.3. The highest BCUT2D eigenvalue weighted by molar-refractivity contribution is 7.92. The van der Waals surface area contributed by atoms with Crippen molar-refractivity contribution < 1.29 is 22.8 Å². The number of carbonyl (C=O) groups is 3. The SMILES string of the molecule is Cc1cccc(NS(=O)(=O)c2cc(NC(=O)CCCN3C(=O)CN(C)C3=O)ccc2C)c1. The Hall–Kier alpha value is -3.40. The number of anilines is 2. The number of hydrogen-bond donors (Lipinski definition) is 2. The summed E-state index contributed by atoms with van der Waals surface area (Å²) in [5, 5.41) is 2.68.